The van der Waals surface area contributed by atoms with Gasteiger partial charge in [0, 0.05) is 12.1 Å². The first-order valence-corrected chi connectivity index (χ1v) is 8.54. The first-order chi connectivity index (χ1) is 13.5. The number of methoxy groups -OCH3 is 1. The molecule has 0 saturated heterocycles. The van der Waals surface area contributed by atoms with E-state index in [1.807, 2.05) is 6.92 Å². The molecular weight excluding hydrogens is 360 g/mol. The monoisotopic (exact) mass is 376 g/mol. The molecule has 0 N–H and O–H groups in total. The van der Waals surface area contributed by atoms with Crippen LogP contribution in [0.15, 0.2) is 64.8 Å². The average Bonchev–Trinajstić information content (AvgIpc) is 3.24. The van der Waals surface area contributed by atoms with Crippen molar-refractivity contribution in [2.45, 2.75) is 6.92 Å². The highest BCUT2D eigenvalue weighted by Crippen LogP contribution is 2.35. The quantitative estimate of drug-likeness (QED) is 0.381. The molecule has 2 aromatic carbocycles. The molecule has 3 aromatic rings. The number of aryl methyl sites for hydroxylation is 1. The number of allylic oxidation sites excluding steroid dienone is 1. The largest absolute Gasteiger partial charge is 0.497 e. The summed E-state index contributed by atoms with van der Waals surface area (Å²) in [6.07, 6.45) is 1.54. The lowest BCUT2D eigenvalue weighted by molar-refractivity contribution is 0.0734. The molecule has 6 heteroatoms. The van der Waals surface area contributed by atoms with Gasteiger partial charge < -0.3 is 18.6 Å². The summed E-state index contributed by atoms with van der Waals surface area (Å²) in [4.78, 5) is 24.8. The third-order valence-corrected chi connectivity index (χ3v) is 4.19. The Kier molecular flexibility index (Phi) is 4.45. The predicted molar refractivity (Wildman–Crippen MR) is 101 cm³/mol. The zero-order valence-electron chi connectivity index (χ0n) is 15.2. The Balaban J connectivity index is 1.54. The van der Waals surface area contributed by atoms with Crippen LogP contribution in [0.3, 0.4) is 0 Å². The van der Waals surface area contributed by atoms with Crippen molar-refractivity contribution < 1.29 is 28.2 Å². The standard InChI is InChI=1S/C22H16O6/c1-13-6-7-16(26-13)12-20-21(23)18-9-8-17(11-19(18)28-20)27-22(24)14-4-3-5-15(10-14)25-2/h3-12H,1-2H3/b20-12+. The maximum absolute atomic E-state index is 12.5. The van der Waals surface area contributed by atoms with Crippen molar-refractivity contribution in [3.63, 3.8) is 0 Å². The molecule has 28 heavy (non-hydrogen) atoms. The molecule has 0 saturated carbocycles. The van der Waals surface area contributed by atoms with E-state index >= 15 is 0 Å². The van der Waals surface area contributed by atoms with Crippen molar-refractivity contribution >= 4 is 17.8 Å². The van der Waals surface area contributed by atoms with Crippen molar-refractivity contribution in [3.8, 4) is 17.2 Å². The fraction of sp³-hybridized carbons (Fsp3) is 0.0909. The highest BCUT2D eigenvalue weighted by Gasteiger charge is 2.28. The fourth-order valence-corrected chi connectivity index (χ4v) is 2.81. The van der Waals surface area contributed by atoms with Crippen molar-refractivity contribution in [1.82, 2.24) is 0 Å². The number of Topliss-reactive ketones (excluding diaryl/α,β-unsaturated/α-hetero) is 1. The van der Waals surface area contributed by atoms with Gasteiger partial charge in [0.2, 0.25) is 5.78 Å². The number of rotatable bonds is 4. The first kappa shape index (κ1) is 17.6. The Hall–Kier alpha value is -3.80. The van der Waals surface area contributed by atoms with Gasteiger partial charge in [0.1, 0.15) is 28.8 Å². The van der Waals surface area contributed by atoms with Crippen molar-refractivity contribution in [1.29, 1.82) is 0 Å². The smallest absolute Gasteiger partial charge is 0.343 e. The summed E-state index contributed by atoms with van der Waals surface area (Å²) in [5.41, 5.74) is 0.751. The summed E-state index contributed by atoms with van der Waals surface area (Å²) in [6.45, 7) is 1.82. The minimum absolute atomic E-state index is 0.153. The number of ether oxygens (including phenoxy) is 3. The van der Waals surface area contributed by atoms with Gasteiger partial charge in [-0.1, -0.05) is 6.07 Å². The van der Waals surface area contributed by atoms with Gasteiger partial charge in [-0.25, -0.2) is 4.79 Å². The van der Waals surface area contributed by atoms with Crippen LogP contribution in [0.5, 0.6) is 17.2 Å². The number of carbonyl (C=O) groups excluding carboxylic acids is 2. The Labute approximate surface area is 160 Å². The summed E-state index contributed by atoms with van der Waals surface area (Å²) in [5.74, 6) is 1.78. The Morgan fingerprint density at radius 3 is 2.64 bits per heavy atom. The third kappa shape index (κ3) is 3.40. The van der Waals surface area contributed by atoms with E-state index in [1.165, 1.54) is 19.3 Å². The molecule has 0 spiro atoms. The minimum atomic E-state index is -0.537. The molecule has 140 valence electrons. The molecule has 0 bridgehead atoms. The second-order valence-electron chi connectivity index (χ2n) is 6.17. The van der Waals surface area contributed by atoms with E-state index in [-0.39, 0.29) is 17.3 Å². The summed E-state index contributed by atoms with van der Waals surface area (Å²) >= 11 is 0. The van der Waals surface area contributed by atoms with E-state index in [9.17, 15) is 9.59 Å². The molecule has 0 aliphatic carbocycles. The van der Waals surface area contributed by atoms with Crippen molar-refractivity contribution in [2.24, 2.45) is 0 Å². The molecule has 1 aliphatic rings. The number of furan rings is 1. The van der Waals surface area contributed by atoms with Gasteiger partial charge in [-0.05, 0) is 49.4 Å². The zero-order valence-corrected chi connectivity index (χ0v) is 15.2. The summed E-state index contributed by atoms with van der Waals surface area (Å²) in [5, 5.41) is 0. The summed E-state index contributed by atoms with van der Waals surface area (Å²) in [6, 6.07) is 14.8. The Morgan fingerprint density at radius 2 is 1.89 bits per heavy atom. The van der Waals surface area contributed by atoms with Gasteiger partial charge in [-0.2, -0.15) is 0 Å². The molecule has 0 atom stereocenters. The van der Waals surface area contributed by atoms with Gasteiger partial charge >= 0.3 is 5.97 Å². The highest BCUT2D eigenvalue weighted by molar-refractivity contribution is 6.14. The molecule has 1 aromatic heterocycles. The summed E-state index contributed by atoms with van der Waals surface area (Å²) < 4.78 is 21.6. The Morgan fingerprint density at radius 1 is 1.04 bits per heavy atom. The van der Waals surface area contributed by atoms with E-state index in [0.717, 1.165) is 5.76 Å². The van der Waals surface area contributed by atoms with Crippen molar-refractivity contribution in [3.05, 3.63) is 83.0 Å². The van der Waals surface area contributed by atoms with Crippen LogP contribution in [0.1, 0.15) is 32.2 Å². The Bertz CT molecular complexity index is 1110. The molecule has 4 rings (SSSR count). The first-order valence-electron chi connectivity index (χ1n) is 8.54. The molecule has 0 radical (unpaired) electrons. The number of fused-ring (bicyclic) bond motifs is 1. The predicted octanol–water partition coefficient (Wildman–Crippen LogP) is 4.43. The topological polar surface area (TPSA) is 75.0 Å². The number of benzene rings is 2. The van der Waals surface area contributed by atoms with E-state index < -0.39 is 5.97 Å². The lowest BCUT2D eigenvalue weighted by atomic mass is 10.1. The number of esters is 1. The van der Waals surface area contributed by atoms with E-state index in [4.69, 9.17) is 18.6 Å². The van der Waals surface area contributed by atoms with E-state index in [2.05, 4.69) is 0 Å². The highest BCUT2D eigenvalue weighted by atomic mass is 16.5. The maximum Gasteiger partial charge on any atom is 0.343 e. The second-order valence-corrected chi connectivity index (χ2v) is 6.17. The summed E-state index contributed by atoms with van der Waals surface area (Å²) in [7, 11) is 1.52. The third-order valence-electron chi connectivity index (χ3n) is 4.19. The molecule has 0 amide bonds. The van der Waals surface area contributed by atoms with Crippen LogP contribution in [0.2, 0.25) is 0 Å². The normalized spacial score (nSPS) is 13.9. The van der Waals surface area contributed by atoms with Crippen LogP contribution in [0, 0.1) is 6.92 Å². The van der Waals surface area contributed by atoms with Crippen LogP contribution in [-0.4, -0.2) is 18.9 Å². The van der Waals surface area contributed by atoms with Gasteiger partial charge in [-0.15, -0.1) is 0 Å². The SMILES string of the molecule is COc1cccc(C(=O)Oc2ccc3c(c2)O/C(=C/c2ccc(C)o2)C3=O)c1. The molecule has 6 nitrogen and oxygen atoms in total. The van der Waals surface area contributed by atoms with Crippen LogP contribution in [0.4, 0.5) is 0 Å². The number of carbonyl (C=O) groups is 2. The molecule has 2 heterocycles. The fourth-order valence-electron chi connectivity index (χ4n) is 2.81. The lowest BCUT2D eigenvalue weighted by Gasteiger charge is -2.07. The van der Waals surface area contributed by atoms with E-state index in [0.29, 0.717) is 28.4 Å². The van der Waals surface area contributed by atoms with E-state index in [1.54, 1.807) is 48.5 Å². The second kappa shape index (κ2) is 7.08. The molecule has 0 unspecified atom stereocenters. The van der Waals surface area contributed by atoms with Crippen molar-refractivity contribution in [2.75, 3.05) is 7.11 Å². The average molecular weight is 376 g/mol. The van der Waals surface area contributed by atoms with Crippen LogP contribution in [-0.2, 0) is 0 Å². The number of hydrogen-bond donors (Lipinski definition) is 0. The number of ketones is 1. The van der Waals surface area contributed by atoms with Gasteiger partial charge in [0.25, 0.3) is 0 Å². The lowest BCUT2D eigenvalue weighted by Crippen LogP contribution is -2.08. The van der Waals surface area contributed by atoms with Gasteiger partial charge in [-0.3, -0.25) is 4.79 Å². The van der Waals surface area contributed by atoms with Crippen LogP contribution >= 0.6 is 0 Å². The maximum atomic E-state index is 12.5. The van der Waals surface area contributed by atoms with Crippen LogP contribution < -0.4 is 14.2 Å². The molecule has 0 fully saturated rings. The zero-order chi connectivity index (χ0) is 19.7. The molecule has 1 aliphatic heterocycles. The van der Waals surface area contributed by atoms with Crippen LogP contribution in [0.25, 0.3) is 6.08 Å². The number of hydrogen-bond acceptors (Lipinski definition) is 6. The minimum Gasteiger partial charge on any atom is -0.497 e. The van der Waals surface area contributed by atoms with Gasteiger partial charge in [0.05, 0.1) is 18.2 Å². The molecular formula is C22H16O6. The van der Waals surface area contributed by atoms with Gasteiger partial charge in [0.15, 0.2) is 5.76 Å².